The molecule has 0 spiro atoms. The number of ketones is 1. The van der Waals surface area contributed by atoms with E-state index in [0.717, 1.165) is 24.8 Å². The molecular weight excluding hydrogens is 483 g/mol. The summed E-state index contributed by atoms with van der Waals surface area (Å²) in [6.45, 7) is 14.0. The lowest BCUT2D eigenvalue weighted by Gasteiger charge is -2.61. The number of benzene rings is 1. The lowest BCUT2D eigenvalue weighted by molar-refractivity contribution is -0.207. The SMILES string of the molecule is C=C[C@]1(C)C[C@@H](OC(=O)COc2ccc3c(c2)B(O)OC3C)[C@@]2(C)[C@@H]3C(=O)CC[C@@]3(CC[C@@H]2C)[C@@H](C)[C@@H]1O. The maximum absolute atomic E-state index is 13.5. The Hall–Kier alpha value is -2.16. The molecule has 0 radical (unpaired) electrons. The van der Waals surface area contributed by atoms with Gasteiger partial charge in [0.05, 0.1) is 12.2 Å². The number of hydrogen-bond donors (Lipinski definition) is 2. The molecule has 1 aliphatic heterocycles. The number of fused-ring (bicyclic) bond motifs is 1. The van der Waals surface area contributed by atoms with Gasteiger partial charge >= 0.3 is 13.1 Å². The number of esters is 1. The van der Waals surface area contributed by atoms with E-state index in [0.29, 0.717) is 24.1 Å². The minimum Gasteiger partial charge on any atom is -0.482 e. The van der Waals surface area contributed by atoms with Gasteiger partial charge in [-0.05, 0) is 73.0 Å². The zero-order chi connectivity index (χ0) is 27.6. The van der Waals surface area contributed by atoms with Crippen LogP contribution in [0.15, 0.2) is 30.9 Å². The fourth-order valence-electron chi connectivity index (χ4n) is 8.40. The van der Waals surface area contributed by atoms with Crippen LogP contribution in [-0.2, 0) is 19.0 Å². The summed E-state index contributed by atoms with van der Waals surface area (Å²) in [5.41, 5.74) is -0.0328. The summed E-state index contributed by atoms with van der Waals surface area (Å²) < 4.78 is 17.4. The summed E-state index contributed by atoms with van der Waals surface area (Å²) in [4.78, 5) is 26.8. The Bertz CT molecular complexity index is 1140. The lowest BCUT2D eigenvalue weighted by atomic mass is 9.44. The van der Waals surface area contributed by atoms with Crippen molar-refractivity contribution in [3.8, 4) is 5.75 Å². The highest BCUT2D eigenvalue weighted by atomic mass is 16.6. The number of ether oxygens (including phenoxy) is 2. The molecule has 206 valence electrons. The molecule has 1 heterocycles. The molecular formula is C30H41BO7. The van der Waals surface area contributed by atoms with Crippen LogP contribution in [0.2, 0.25) is 0 Å². The van der Waals surface area contributed by atoms with Crippen LogP contribution in [-0.4, -0.2) is 47.8 Å². The first-order valence-electron chi connectivity index (χ1n) is 14.0. The molecule has 1 aromatic rings. The largest absolute Gasteiger partial charge is 0.492 e. The fraction of sp³-hybridized carbons (Fsp3) is 0.667. The van der Waals surface area contributed by atoms with Crippen molar-refractivity contribution in [2.75, 3.05) is 6.61 Å². The number of carbonyl (C=O) groups is 2. The normalized spacial score (nSPS) is 42.1. The van der Waals surface area contributed by atoms with E-state index >= 15 is 0 Å². The van der Waals surface area contributed by atoms with Crippen LogP contribution in [0.25, 0.3) is 0 Å². The molecule has 38 heavy (non-hydrogen) atoms. The van der Waals surface area contributed by atoms with E-state index in [9.17, 15) is 19.7 Å². The summed E-state index contributed by atoms with van der Waals surface area (Å²) in [6.07, 6.45) is 3.77. The van der Waals surface area contributed by atoms with Gasteiger partial charge in [0.2, 0.25) is 0 Å². The predicted molar refractivity (Wildman–Crippen MR) is 144 cm³/mol. The molecule has 2 bridgehead atoms. The molecule has 2 N–H and O–H groups in total. The van der Waals surface area contributed by atoms with Crippen LogP contribution in [0.4, 0.5) is 0 Å². The van der Waals surface area contributed by atoms with Gasteiger partial charge < -0.3 is 24.3 Å². The van der Waals surface area contributed by atoms with Crippen molar-refractivity contribution in [2.24, 2.45) is 34.0 Å². The Balaban J connectivity index is 1.42. The van der Waals surface area contributed by atoms with Crippen molar-refractivity contribution < 1.29 is 33.8 Å². The van der Waals surface area contributed by atoms with Gasteiger partial charge in [-0.25, -0.2) is 4.79 Å². The van der Waals surface area contributed by atoms with E-state index in [1.165, 1.54) is 0 Å². The first-order valence-corrected chi connectivity index (χ1v) is 14.0. The summed E-state index contributed by atoms with van der Waals surface area (Å²) in [7, 11) is -1.02. The Morgan fingerprint density at radius 2 is 2.00 bits per heavy atom. The van der Waals surface area contributed by atoms with Crippen LogP contribution in [0, 0.1) is 34.0 Å². The van der Waals surface area contributed by atoms with Gasteiger partial charge in [0.25, 0.3) is 0 Å². The number of rotatable bonds is 5. The Morgan fingerprint density at radius 3 is 2.71 bits per heavy atom. The third-order valence-corrected chi connectivity index (χ3v) is 11.0. The predicted octanol–water partition coefficient (Wildman–Crippen LogP) is 3.75. The van der Waals surface area contributed by atoms with Gasteiger partial charge in [-0.1, -0.05) is 39.8 Å². The number of hydrogen-bond acceptors (Lipinski definition) is 7. The highest BCUT2D eigenvalue weighted by molar-refractivity contribution is 6.61. The van der Waals surface area contributed by atoms with Crippen molar-refractivity contribution in [1.82, 2.24) is 0 Å². The number of Topliss-reactive ketones (excluding diaryl/α,β-unsaturated/α-hetero) is 1. The number of aliphatic hydroxyl groups excluding tert-OH is 1. The quantitative estimate of drug-likeness (QED) is 0.344. The van der Waals surface area contributed by atoms with E-state index in [2.05, 4.69) is 27.4 Å². The average Bonchev–Trinajstić information content (AvgIpc) is 3.39. The maximum atomic E-state index is 13.5. The molecule has 3 fully saturated rings. The highest BCUT2D eigenvalue weighted by Crippen LogP contribution is 2.68. The van der Waals surface area contributed by atoms with Gasteiger partial charge in [0, 0.05) is 23.2 Å². The molecule has 0 saturated heterocycles. The fourth-order valence-corrected chi connectivity index (χ4v) is 8.40. The Morgan fingerprint density at radius 1 is 1.26 bits per heavy atom. The number of carbonyl (C=O) groups excluding carboxylic acids is 2. The Labute approximate surface area is 226 Å². The number of aliphatic hydroxyl groups is 1. The molecule has 5 rings (SSSR count). The molecule has 0 amide bonds. The van der Waals surface area contributed by atoms with Gasteiger partial charge in [0.1, 0.15) is 17.6 Å². The van der Waals surface area contributed by atoms with E-state index in [1.54, 1.807) is 18.2 Å². The maximum Gasteiger partial charge on any atom is 0.492 e. The first-order chi connectivity index (χ1) is 17.9. The minimum atomic E-state index is -1.02. The summed E-state index contributed by atoms with van der Waals surface area (Å²) in [5, 5.41) is 21.8. The molecule has 3 aliphatic carbocycles. The molecule has 0 aromatic heterocycles. The third kappa shape index (κ3) is 3.97. The van der Waals surface area contributed by atoms with Crippen LogP contribution in [0.1, 0.15) is 78.4 Å². The van der Waals surface area contributed by atoms with Crippen LogP contribution in [0.5, 0.6) is 5.75 Å². The molecule has 3 saturated carbocycles. The summed E-state index contributed by atoms with van der Waals surface area (Å²) >= 11 is 0. The zero-order valence-corrected chi connectivity index (χ0v) is 23.2. The molecule has 9 atom stereocenters. The third-order valence-electron chi connectivity index (χ3n) is 11.0. The van der Waals surface area contributed by atoms with Crippen molar-refractivity contribution >= 4 is 24.3 Å². The summed E-state index contributed by atoms with van der Waals surface area (Å²) in [5.74, 6) is -0.0288. The Kier molecular flexibility index (Phi) is 6.85. The lowest BCUT2D eigenvalue weighted by Crippen LogP contribution is -2.63. The van der Waals surface area contributed by atoms with E-state index in [-0.39, 0.29) is 41.7 Å². The standard InChI is InChI=1S/C30H41BO7/c1-7-28(5)15-24(37-25(33)16-36-20-8-9-21-19(4)38-31(35)22(21)14-20)29(6)17(2)10-12-30(18(3)27(28)34)13-11-23(32)26(29)30/h7-9,14,17-19,24,26-27,34-35H,1,10-13,15-16H2,2-6H3/t17-,18-,19?,24+,26-,27-,28+,29-,30-/m0/s1. The molecule has 4 aliphatic rings. The summed E-state index contributed by atoms with van der Waals surface area (Å²) in [6, 6.07) is 5.28. The van der Waals surface area contributed by atoms with Gasteiger partial charge in [-0.3, -0.25) is 4.79 Å². The molecule has 7 nitrogen and oxygen atoms in total. The molecule has 1 unspecified atom stereocenters. The molecule has 1 aromatic carbocycles. The van der Waals surface area contributed by atoms with E-state index in [4.69, 9.17) is 14.1 Å². The average molecular weight is 524 g/mol. The second-order valence-corrected chi connectivity index (χ2v) is 12.8. The van der Waals surface area contributed by atoms with E-state index < -0.39 is 36.1 Å². The van der Waals surface area contributed by atoms with Crippen molar-refractivity contribution in [2.45, 2.75) is 85.0 Å². The zero-order valence-electron chi connectivity index (χ0n) is 23.2. The van der Waals surface area contributed by atoms with Crippen molar-refractivity contribution in [1.29, 1.82) is 0 Å². The second kappa shape index (κ2) is 9.49. The van der Waals surface area contributed by atoms with E-state index in [1.807, 2.05) is 19.9 Å². The van der Waals surface area contributed by atoms with Crippen molar-refractivity contribution in [3.63, 3.8) is 0 Å². The van der Waals surface area contributed by atoms with Crippen molar-refractivity contribution in [3.05, 3.63) is 36.4 Å². The minimum absolute atomic E-state index is 0.0735. The van der Waals surface area contributed by atoms with Crippen LogP contribution < -0.4 is 10.2 Å². The van der Waals surface area contributed by atoms with Crippen LogP contribution >= 0.6 is 0 Å². The van der Waals surface area contributed by atoms with Gasteiger partial charge in [0.15, 0.2) is 6.61 Å². The smallest absolute Gasteiger partial charge is 0.482 e. The second-order valence-electron chi connectivity index (χ2n) is 12.8. The van der Waals surface area contributed by atoms with Gasteiger partial charge in [-0.2, -0.15) is 0 Å². The topological polar surface area (TPSA) is 102 Å². The van der Waals surface area contributed by atoms with Gasteiger partial charge in [-0.15, -0.1) is 6.58 Å². The highest BCUT2D eigenvalue weighted by Gasteiger charge is 2.68. The molecule has 8 heteroatoms. The van der Waals surface area contributed by atoms with Crippen LogP contribution in [0.3, 0.4) is 0 Å². The monoisotopic (exact) mass is 524 g/mol. The first kappa shape index (κ1) is 27.4.